The number of fused-ring (bicyclic) bond motifs is 2. The second kappa shape index (κ2) is 11.7. The van der Waals surface area contributed by atoms with Crippen molar-refractivity contribution in [1.82, 2.24) is 9.13 Å². The Kier molecular flexibility index (Phi) is 7.69. The molecule has 2 aromatic heterocycles. The van der Waals surface area contributed by atoms with Gasteiger partial charge in [0, 0.05) is 34.4 Å². The van der Waals surface area contributed by atoms with Crippen molar-refractivity contribution in [3.63, 3.8) is 0 Å². The fourth-order valence-electron chi connectivity index (χ4n) is 5.70. The maximum atomic E-state index is 14.3. The number of anilines is 1. The zero-order valence-corrected chi connectivity index (χ0v) is 25.2. The molecule has 3 heterocycles. The van der Waals surface area contributed by atoms with Crippen molar-refractivity contribution in [2.24, 2.45) is 4.99 Å². The van der Waals surface area contributed by atoms with Crippen molar-refractivity contribution in [2.75, 3.05) is 11.9 Å². The molecule has 7 nitrogen and oxygen atoms in total. The summed E-state index contributed by atoms with van der Waals surface area (Å²) in [6, 6.07) is 24.4. The molecule has 0 radical (unpaired) electrons. The number of thiazole rings is 1. The van der Waals surface area contributed by atoms with Gasteiger partial charge in [0.15, 0.2) is 4.80 Å². The van der Waals surface area contributed by atoms with Gasteiger partial charge in [0.2, 0.25) is 0 Å². The quantitative estimate of drug-likeness (QED) is 0.236. The molecule has 1 atom stereocenters. The summed E-state index contributed by atoms with van der Waals surface area (Å²) in [5.41, 5.74) is 5.38. The van der Waals surface area contributed by atoms with Crippen LogP contribution in [0.15, 0.2) is 113 Å². The van der Waals surface area contributed by atoms with Gasteiger partial charge in [-0.05, 0) is 62.7 Å². The Morgan fingerprint density at radius 3 is 2.49 bits per heavy atom. The number of allylic oxidation sites excluding steroid dienone is 2. The van der Waals surface area contributed by atoms with Gasteiger partial charge in [0.05, 0.1) is 28.5 Å². The molecule has 0 bridgehead atoms. The van der Waals surface area contributed by atoms with Gasteiger partial charge in [-0.2, -0.15) is 0 Å². The van der Waals surface area contributed by atoms with Crippen LogP contribution in [0.5, 0.6) is 5.75 Å². The first-order valence-corrected chi connectivity index (χ1v) is 15.0. The normalized spacial score (nSPS) is 14.9. The van der Waals surface area contributed by atoms with Crippen molar-refractivity contribution in [3.8, 4) is 5.75 Å². The topological polar surface area (TPSA) is 77.6 Å². The number of carbonyl (C=O) groups is 1. The number of benzene rings is 3. The van der Waals surface area contributed by atoms with Gasteiger partial charge < -0.3 is 14.6 Å². The molecule has 0 spiro atoms. The number of aromatic nitrogens is 2. The van der Waals surface area contributed by atoms with Gasteiger partial charge in [-0.25, -0.2) is 4.99 Å². The molecular formula is C35H32N4O3S. The average molecular weight is 589 g/mol. The molecule has 1 aliphatic heterocycles. The summed E-state index contributed by atoms with van der Waals surface area (Å²) in [5, 5.41) is 4.07. The van der Waals surface area contributed by atoms with E-state index in [1.165, 1.54) is 11.3 Å². The minimum atomic E-state index is -0.666. The lowest BCUT2D eigenvalue weighted by atomic mass is 9.95. The van der Waals surface area contributed by atoms with E-state index in [4.69, 9.17) is 9.73 Å². The first kappa shape index (κ1) is 28.2. The molecular weight excluding hydrogens is 556 g/mol. The van der Waals surface area contributed by atoms with Crippen LogP contribution in [0, 0.1) is 6.92 Å². The van der Waals surface area contributed by atoms with Crippen LogP contribution in [-0.2, 0) is 11.3 Å². The van der Waals surface area contributed by atoms with E-state index < -0.39 is 6.04 Å². The number of rotatable bonds is 8. The van der Waals surface area contributed by atoms with E-state index >= 15 is 0 Å². The summed E-state index contributed by atoms with van der Waals surface area (Å²) in [6.45, 7) is 10.9. The van der Waals surface area contributed by atoms with Gasteiger partial charge in [0.1, 0.15) is 5.75 Å². The molecule has 3 aromatic carbocycles. The van der Waals surface area contributed by atoms with Crippen LogP contribution >= 0.6 is 11.3 Å². The Bertz CT molecular complexity index is 2070. The molecule has 1 amide bonds. The Labute approximate surface area is 253 Å². The van der Waals surface area contributed by atoms with Crippen molar-refractivity contribution in [3.05, 3.63) is 139 Å². The maximum Gasteiger partial charge on any atom is 0.271 e. The number of nitrogens with zero attached hydrogens (tertiary/aromatic N) is 3. The number of para-hydroxylation sites is 2. The molecule has 1 aliphatic rings. The molecule has 0 saturated carbocycles. The predicted molar refractivity (Wildman–Crippen MR) is 173 cm³/mol. The van der Waals surface area contributed by atoms with E-state index in [0.717, 1.165) is 33.5 Å². The summed E-state index contributed by atoms with van der Waals surface area (Å²) in [6.07, 6.45) is 3.83. The molecule has 6 rings (SSSR count). The first-order chi connectivity index (χ1) is 20.9. The Morgan fingerprint density at radius 2 is 1.77 bits per heavy atom. The Morgan fingerprint density at radius 1 is 1.05 bits per heavy atom. The van der Waals surface area contributed by atoms with Crippen LogP contribution in [0.2, 0.25) is 0 Å². The molecule has 216 valence electrons. The summed E-state index contributed by atoms with van der Waals surface area (Å²) in [5.74, 6) is 0.421. The maximum absolute atomic E-state index is 14.3. The number of carbonyl (C=O) groups excluding carboxylic acids is 1. The second-order valence-electron chi connectivity index (χ2n) is 10.3. The van der Waals surface area contributed by atoms with Gasteiger partial charge in [-0.1, -0.05) is 65.9 Å². The van der Waals surface area contributed by atoms with Gasteiger partial charge in [-0.15, -0.1) is 6.58 Å². The third kappa shape index (κ3) is 5.15. The summed E-state index contributed by atoms with van der Waals surface area (Å²) >= 11 is 1.34. The molecule has 43 heavy (non-hydrogen) atoms. The van der Waals surface area contributed by atoms with Crippen molar-refractivity contribution >= 4 is 39.9 Å². The van der Waals surface area contributed by atoms with Crippen LogP contribution in [0.1, 0.15) is 36.7 Å². The summed E-state index contributed by atoms with van der Waals surface area (Å²) in [4.78, 5) is 33.4. The zero-order chi connectivity index (χ0) is 30.1. The number of hydrogen-bond acceptors (Lipinski definition) is 5. The van der Waals surface area contributed by atoms with Gasteiger partial charge in [0.25, 0.3) is 11.5 Å². The number of nitrogens with one attached hydrogen (secondary N) is 1. The van der Waals surface area contributed by atoms with Gasteiger partial charge in [-0.3, -0.25) is 14.2 Å². The van der Waals surface area contributed by atoms with E-state index in [0.29, 0.717) is 39.4 Å². The largest absolute Gasteiger partial charge is 0.494 e. The highest BCUT2D eigenvalue weighted by molar-refractivity contribution is 7.07. The molecule has 5 aromatic rings. The third-order valence-corrected chi connectivity index (χ3v) is 8.65. The second-order valence-corrected chi connectivity index (χ2v) is 11.3. The van der Waals surface area contributed by atoms with Crippen LogP contribution in [0.25, 0.3) is 17.0 Å². The first-order valence-electron chi connectivity index (χ1n) is 14.2. The lowest BCUT2D eigenvalue weighted by Crippen LogP contribution is -2.40. The predicted octanol–water partition coefficient (Wildman–Crippen LogP) is 5.72. The van der Waals surface area contributed by atoms with E-state index in [2.05, 4.69) is 35.5 Å². The van der Waals surface area contributed by atoms with Crippen molar-refractivity contribution in [2.45, 2.75) is 33.4 Å². The third-order valence-electron chi connectivity index (χ3n) is 7.67. The highest BCUT2D eigenvalue weighted by atomic mass is 32.1. The minimum Gasteiger partial charge on any atom is -0.494 e. The molecule has 1 N–H and O–H groups in total. The molecule has 0 fully saturated rings. The van der Waals surface area contributed by atoms with Crippen LogP contribution < -0.4 is 24.9 Å². The van der Waals surface area contributed by atoms with Gasteiger partial charge >= 0.3 is 0 Å². The van der Waals surface area contributed by atoms with Crippen LogP contribution in [0.4, 0.5) is 5.69 Å². The molecule has 0 aliphatic carbocycles. The average Bonchev–Trinajstić information content (AvgIpc) is 3.46. The smallest absolute Gasteiger partial charge is 0.271 e. The lowest BCUT2D eigenvalue weighted by Gasteiger charge is -2.25. The van der Waals surface area contributed by atoms with E-state index in [9.17, 15) is 9.59 Å². The fraction of sp³-hybridized carbons (Fsp3) is 0.171. The molecule has 0 unspecified atom stereocenters. The number of hydrogen-bond donors (Lipinski definition) is 1. The van der Waals surface area contributed by atoms with Crippen LogP contribution in [-0.4, -0.2) is 21.6 Å². The van der Waals surface area contributed by atoms with Crippen molar-refractivity contribution in [1.29, 1.82) is 0 Å². The monoisotopic (exact) mass is 588 g/mol. The standard InChI is InChI=1S/C35H32N4O3S/c1-5-20-38-23(4)28(27-14-10-11-15-29(27)38)21-30-34(41)39-32(24-16-18-26(19-17-24)42-6-2)31(22(3)36-35(39)43-30)33(40)37-25-12-8-7-9-13-25/h5,7-19,21,32H,1,6,20H2,2-4H3,(H,37,40)/b30-21-/t32-/m0/s1. The fourth-order valence-corrected chi connectivity index (χ4v) is 6.72. The summed E-state index contributed by atoms with van der Waals surface area (Å²) < 4.78 is 10.1. The number of ether oxygens (including phenoxy) is 1. The minimum absolute atomic E-state index is 0.194. The molecule has 8 heteroatoms. The zero-order valence-electron chi connectivity index (χ0n) is 24.3. The lowest BCUT2D eigenvalue weighted by molar-refractivity contribution is -0.113. The highest BCUT2D eigenvalue weighted by Gasteiger charge is 2.32. The van der Waals surface area contributed by atoms with E-state index in [1.807, 2.05) is 92.7 Å². The summed E-state index contributed by atoms with van der Waals surface area (Å²) in [7, 11) is 0. The van der Waals surface area contributed by atoms with Crippen LogP contribution in [0.3, 0.4) is 0 Å². The highest BCUT2D eigenvalue weighted by Crippen LogP contribution is 2.32. The van der Waals surface area contributed by atoms with Crippen molar-refractivity contribution < 1.29 is 9.53 Å². The SMILES string of the molecule is C=CCn1c(C)c(/C=c2\sc3n(c2=O)[C@@H](c2ccc(OCC)cc2)C(C(=O)Nc2ccccc2)=C(C)N=3)c2ccccc21. The molecule has 0 saturated heterocycles. The Hall–Kier alpha value is -4.95. The number of amides is 1. The van der Waals surface area contributed by atoms with E-state index in [-0.39, 0.29) is 11.5 Å². The van der Waals surface area contributed by atoms with E-state index in [1.54, 1.807) is 4.57 Å². The Balaban J connectivity index is 1.53.